The molecule has 5 rings (SSSR count). The average molecular weight is 640 g/mol. The lowest BCUT2D eigenvalue weighted by atomic mass is 9.71. The summed E-state index contributed by atoms with van der Waals surface area (Å²) in [5.41, 5.74) is 0.00891. The second-order valence-corrected chi connectivity index (χ2v) is 13.3. The molecule has 5 aliphatic rings. The smallest absolute Gasteiger partial charge is 0.144 e. The topological polar surface area (TPSA) is 34.1 Å². The molecule has 0 bridgehead atoms. The second-order valence-electron chi connectivity index (χ2n) is 11.5. The Morgan fingerprint density at radius 3 is 1.43 bits per heavy atom. The molecule has 0 aromatic heterocycles. The molecule has 5 fully saturated rings. The van der Waals surface area contributed by atoms with E-state index in [2.05, 4.69) is 45.2 Å². The Bertz CT molecular complexity index is 660. The van der Waals surface area contributed by atoms with Gasteiger partial charge in [-0.25, -0.2) is 0 Å². The zero-order valence-corrected chi connectivity index (χ0v) is 22.7. The molecule has 4 nitrogen and oxygen atoms in total. The Hall–Kier alpha value is 0.720. The number of alkyl halides is 2. The van der Waals surface area contributed by atoms with Crippen LogP contribution in [0.2, 0.25) is 0 Å². The van der Waals surface area contributed by atoms with E-state index in [-0.39, 0.29) is 10.8 Å². The van der Waals surface area contributed by atoms with Crippen molar-refractivity contribution in [3.63, 3.8) is 0 Å². The fraction of sp³-hybridized carbons (Fsp3) is 0.917. The zero-order chi connectivity index (χ0) is 21.0. The summed E-state index contributed by atoms with van der Waals surface area (Å²) >= 11 is 5.19. The molecule has 3 aliphatic heterocycles. The molecule has 3 heterocycles. The lowest BCUT2D eigenvalue weighted by Gasteiger charge is -2.51. The van der Waals surface area contributed by atoms with Crippen molar-refractivity contribution in [2.24, 2.45) is 10.8 Å². The van der Waals surface area contributed by atoms with Crippen LogP contribution in [0.3, 0.4) is 0 Å². The lowest BCUT2D eigenvalue weighted by Crippen LogP contribution is -2.70. The number of Topliss-reactive ketones (excluding diaryl/α,β-unsaturated/α-hetero) is 2. The number of quaternary nitrogens is 2. The van der Waals surface area contributed by atoms with Gasteiger partial charge in [-0.1, -0.05) is 58.0 Å². The Morgan fingerprint density at radius 1 is 0.700 bits per heavy atom. The van der Waals surface area contributed by atoms with Gasteiger partial charge in [0.1, 0.15) is 37.7 Å². The number of nitrogens with zero attached hydrogens (tertiary/aromatic N) is 2. The summed E-state index contributed by atoms with van der Waals surface area (Å²) in [5.74, 6) is 1.18. The molecule has 4 atom stereocenters. The lowest BCUT2D eigenvalue weighted by molar-refractivity contribution is -1.04. The molecule has 2 saturated carbocycles. The van der Waals surface area contributed by atoms with Crippen LogP contribution in [0.15, 0.2) is 0 Å². The van der Waals surface area contributed by atoms with Crippen molar-refractivity contribution in [2.75, 3.05) is 48.1 Å². The molecule has 3 saturated heterocycles. The number of rotatable bonds is 2. The molecule has 4 spiro atoms. The van der Waals surface area contributed by atoms with Gasteiger partial charge in [0.2, 0.25) is 0 Å². The Morgan fingerprint density at radius 2 is 1.10 bits per heavy atom. The predicted molar refractivity (Wildman–Crippen MR) is 136 cm³/mol. The number of carbonyl (C=O) groups is 2. The average Bonchev–Trinajstić information content (AvgIpc) is 3.23. The van der Waals surface area contributed by atoms with E-state index in [1.165, 1.54) is 56.8 Å². The van der Waals surface area contributed by atoms with E-state index in [1.807, 2.05) is 0 Å². The number of carbonyl (C=O) groups excluding carboxylic acids is 2. The summed E-state index contributed by atoms with van der Waals surface area (Å²) in [6, 6.07) is 1.33. The molecule has 0 amide bonds. The summed E-state index contributed by atoms with van der Waals surface area (Å²) in [5, 5.41) is 0. The minimum Gasteiger partial charge on any atom is -0.310 e. The van der Waals surface area contributed by atoms with Gasteiger partial charge in [-0.2, -0.15) is 0 Å². The van der Waals surface area contributed by atoms with E-state index < -0.39 is 0 Å². The van der Waals surface area contributed by atoms with Crippen molar-refractivity contribution in [3.8, 4) is 0 Å². The summed E-state index contributed by atoms with van der Waals surface area (Å²) in [4.78, 5) is 26.1. The second kappa shape index (κ2) is 8.19. The van der Waals surface area contributed by atoms with Crippen LogP contribution in [0, 0.1) is 10.8 Å². The number of halogens is 2. The fourth-order valence-electron chi connectivity index (χ4n) is 8.42. The fourth-order valence-corrected chi connectivity index (χ4v) is 10.7. The molecule has 30 heavy (non-hydrogen) atoms. The highest BCUT2D eigenvalue weighted by Crippen LogP contribution is 2.52. The molecular weight excluding hydrogens is 602 g/mol. The normalized spacial score (nSPS) is 49.1. The van der Waals surface area contributed by atoms with E-state index in [1.54, 1.807) is 0 Å². The van der Waals surface area contributed by atoms with Crippen molar-refractivity contribution in [1.82, 2.24) is 0 Å². The van der Waals surface area contributed by atoms with Gasteiger partial charge in [0.05, 0.1) is 44.9 Å². The highest BCUT2D eigenvalue weighted by atomic mass is 127. The number of hydrogen-bond acceptors (Lipinski definition) is 2. The maximum atomic E-state index is 13.0. The van der Waals surface area contributed by atoms with Crippen LogP contribution >= 0.6 is 45.2 Å². The highest BCUT2D eigenvalue weighted by molar-refractivity contribution is 14.1. The largest absolute Gasteiger partial charge is 0.310 e. The first kappa shape index (κ1) is 22.5. The van der Waals surface area contributed by atoms with Crippen LogP contribution in [0.5, 0.6) is 0 Å². The predicted octanol–water partition coefficient (Wildman–Crippen LogP) is 4.31. The van der Waals surface area contributed by atoms with Gasteiger partial charge in [0, 0.05) is 25.7 Å². The van der Waals surface area contributed by atoms with E-state index in [0.717, 1.165) is 64.5 Å². The minimum absolute atomic E-state index is 0.00445. The Balaban J connectivity index is 1.37. The van der Waals surface area contributed by atoms with Crippen molar-refractivity contribution in [3.05, 3.63) is 0 Å². The summed E-state index contributed by atoms with van der Waals surface area (Å²) in [7, 11) is 0. The van der Waals surface area contributed by atoms with Crippen molar-refractivity contribution in [1.29, 1.82) is 0 Å². The van der Waals surface area contributed by atoms with Gasteiger partial charge >= 0.3 is 0 Å². The highest BCUT2D eigenvalue weighted by Gasteiger charge is 2.64. The molecule has 0 radical (unpaired) electrons. The van der Waals surface area contributed by atoms with Gasteiger partial charge in [0.25, 0.3) is 0 Å². The number of ketones is 2. The summed E-state index contributed by atoms with van der Waals surface area (Å²) < 4.78 is 4.79. The quantitative estimate of drug-likeness (QED) is 0.257. The summed E-state index contributed by atoms with van der Waals surface area (Å²) in [6.07, 6.45) is 11.0. The number of hydrogen-bond donors (Lipinski definition) is 0. The van der Waals surface area contributed by atoms with Crippen molar-refractivity contribution < 1.29 is 18.6 Å². The summed E-state index contributed by atoms with van der Waals surface area (Å²) in [6.45, 7) is 7.19. The molecule has 0 aromatic carbocycles. The molecule has 0 aromatic rings. The van der Waals surface area contributed by atoms with Gasteiger partial charge in [0.15, 0.2) is 0 Å². The monoisotopic (exact) mass is 640 g/mol. The van der Waals surface area contributed by atoms with Crippen LogP contribution in [0.4, 0.5) is 0 Å². The van der Waals surface area contributed by atoms with Crippen LogP contribution in [-0.4, -0.2) is 80.7 Å². The minimum atomic E-state index is 0.00445. The maximum Gasteiger partial charge on any atom is 0.144 e. The standard InChI is InChI=1S/C24H38I2N2O2/c25-15-19-13-23(7-3-1-5-21(23)29)17-27(19)9-11-28(12-10-27)18-24(14-20(28)16-26)8-4-2-6-22(24)30/h19-20H,1-18H2/q+2. The Kier molecular flexibility index (Phi) is 6.14. The van der Waals surface area contributed by atoms with Crippen molar-refractivity contribution >= 4 is 56.7 Å². The molecule has 0 N–H and O–H groups in total. The van der Waals surface area contributed by atoms with Crippen LogP contribution in [0.1, 0.15) is 64.2 Å². The van der Waals surface area contributed by atoms with Gasteiger partial charge in [-0.05, 0) is 25.7 Å². The van der Waals surface area contributed by atoms with Gasteiger partial charge in [-0.3, -0.25) is 9.59 Å². The third-order valence-electron chi connectivity index (χ3n) is 10.2. The SMILES string of the molecule is O=C1CCCCC12CC(CI)[N+]1(CC[N+]3(CC1)CC1(CCCCC1=O)CC3CI)C2. The Labute approximate surface area is 209 Å². The number of piperazine rings is 1. The first-order chi connectivity index (χ1) is 14.4. The third kappa shape index (κ3) is 3.39. The van der Waals surface area contributed by atoms with E-state index >= 15 is 0 Å². The molecule has 4 unspecified atom stereocenters. The van der Waals surface area contributed by atoms with Gasteiger partial charge in [-0.15, -0.1) is 0 Å². The zero-order valence-electron chi connectivity index (χ0n) is 18.3. The van der Waals surface area contributed by atoms with Gasteiger partial charge < -0.3 is 8.97 Å². The maximum absolute atomic E-state index is 13.0. The van der Waals surface area contributed by atoms with E-state index in [9.17, 15) is 9.59 Å². The van der Waals surface area contributed by atoms with Crippen LogP contribution < -0.4 is 0 Å². The third-order valence-corrected chi connectivity index (χ3v) is 12.2. The molecule has 2 aliphatic carbocycles. The van der Waals surface area contributed by atoms with E-state index in [4.69, 9.17) is 0 Å². The molecule has 6 heteroatoms. The van der Waals surface area contributed by atoms with Crippen LogP contribution in [-0.2, 0) is 9.59 Å². The molecular formula is C24H38I2N2O2+2. The van der Waals surface area contributed by atoms with Crippen LogP contribution in [0.25, 0.3) is 0 Å². The van der Waals surface area contributed by atoms with E-state index in [0.29, 0.717) is 23.7 Å². The molecule has 168 valence electrons. The van der Waals surface area contributed by atoms with Crippen molar-refractivity contribution in [2.45, 2.75) is 76.3 Å². The first-order valence-electron chi connectivity index (χ1n) is 12.3. The first-order valence-corrected chi connectivity index (χ1v) is 15.4.